The van der Waals surface area contributed by atoms with Gasteiger partial charge in [-0.2, -0.15) is 17.0 Å². The summed E-state index contributed by atoms with van der Waals surface area (Å²) in [4.78, 5) is 10.6. The third-order valence-corrected chi connectivity index (χ3v) is 6.86. The smallest absolute Gasteiger partial charge is 0.281 e. The fourth-order valence-electron chi connectivity index (χ4n) is 3.74. The first-order valence-corrected chi connectivity index (χ1v) is 8.97. The molecule has 122 valence electrons. The molecule has 1 aliphatic carbocycles. The van der Waals surface area contributed by atoms with Crippen molar-refractivity contribution in [3.8, 4) is 0 Å². The van der Waals surface area contributed by atoms with Gasteiger partial charge in [0, 0.05) is 52.7 Å². The Morgan fingerprint density at radius 2 is 1.95 bits per heavy atom. The fourth-order valence-corrected chi connectivity index (χ4v) is 4.94. The Kier molecular flexibility index (Phi) is 4.09. The van der Waals surface area contributed by atoms with Crippen LogP contribution in [-0.4, -0.2) is 67.3 Å². The molecule has 1 aromatic rings. The molecule has 3 atom stereocenters. The summed E-state index contributed by atoms with van der Waals surface area (Å²) in [5, 5.41) is 0. The maximum atomic E-state index is 12.3. The highest BCUT2D eigenvalue weighted by molar-refractivity contribution is 7.86. The third kappa shape index (κ3) is 2.59. The molecule has 0 aromatic carbocycles. The van der Waals surface area contributed by atoms with Gasteiger partial charge in [-0.3, -0.25) is 4.98 Å². The molecule has 1 aliphatic heterocycles. The van der Waals surface area contributed by atoms with Crippen LogP contribution >= 0.6 is 0 Å². The summed E-state index contributed by atoms with van der Waals surface area (Å²) in [6, 6.07) is 0.323. The molecule has 1 aromatic heterocycles. The van der Waals surface area contributed by atoms with Crippen molar-refractivity contribution in [1.29, 1.82) is 0 Å². The van der Waals surface area contributed by atoms with E-state index < -0.39 is 10.2 Å². The van der Waals surface area contributed by atoms with E-state index in [4.69, 9.17) is 0 Å². The molecule has 2 aliphatic rings. The summed E-state index contributed by atoms with van der Waals surface area (Å²) in [5.41, 5.74) is 0. The number of nitrogens with zero attached hydrogens (tertiary/aromatic N) is 5. The zero-order valence-electron chi connectivity index (χ0n) is 13.3. The van der Waals surface area contributed by atoms with Gasteiger partial charge in [-0.1, -0.05) is 0 Å². The van der Waals surface area contributed by atoms with Crippen molar-refractivity contribution in [3.05, 3.63) is 18.6 Å². The molecular formula is C14H23N5O2S. The van der Waals surface area contributed by atoms with Crippen molar-refractivity contribution in [2.45, 2.75) is 18.9 Å². The first-order valence-electron chi connectivity index (χ1n) is 7.57. The predicted molar refractivity (Wildman–Crippen MR) is 84.6 cm³/mol. The molecule has 0 spiro atoms. The lowest BCUT2D eigenvalue weighted by Gasteiger charge is -2.30. The third-order valence-electron chi connectivity index (χ3n) is 4.98. The van der Waals surface area contributed by atoms with Gasteiger partial charge in [0.15, 0.2) is 0 Å². The van der Waals surface area contributed by atoms with Gasteiger partial charge in [-0.15, -0.1) is 0 Å². The van der Waals surface area contributed by atoms with Crippen LogP contribution in [0, 0.1) is 11.8 Å². The number of rotatable bonds is 4. The normalized spacial score (nSPS) is 29.0. The lowest BCUT2D eigenvalue weighted by molar-refractivity contribution is 0.390. The second-order valence-corrected chi connectivity index (χ2v) is 8.49. The van der Waals surface area contributed by atoms with E-state index in [-0.39, 0.29) is 0 Å². The van der Waals surface area contributed by atoms with Gasteiger partial charge < -0.3 is 4.90 Å². The van der Waals surface area contributed by atoms with Crippen LogP contribution in [0.5, 0.6) is 0 Å². The topological polar surface area (TPSA) is 69.6 Å². The summed E-state index contributed by atoms with van der Waals surface area (Å²) >= 11 is 0. The molecule has 2 fully saturated rings. The fraction of sp³-hybridized carbons (Fsp3) is 0.714. The Balaban J connectivity index is 1.76. The molecule has 1 saturated heterocycles. The molecule has 0 unspecified atom stereocenters. The Labute approximate surface area is 132 Å². The maximum absolute atomic E-state index is 12.3. The van der Waals surface area contributed by atoms with E-state index in [1.807, 2.05) is 7.05 Å². The van der Waals surface area contributed by atoms with E-state index in [1.165, 1.54) is 4.31 Å². The van der Waals surface area contributed by atoms with Crippen LogP contribution in [0.1, 0.15) is 12.8 Å². The number of fused-ring (bicyclic) bond motifs is 1. The van der Waals surface area contributed by atoms with Gasteiger partial charge in [0.2, 0.25) is 0 Å². The zero-order chi connectivity index (χ0) is 15.9. The molecule has 2 heterocycles. The van der Waals surface area contributed by atoms with Crippen LogP contribution in [-0.2, 0) is 10.2 Å². The minimum absolute atomic E-state index is 0.323. The molecule has 8 heteroatoms. The van der Waals surface area contributed by atoms with Crippen LogP contribution in [0.3, 0.4) is 0 Å². The molecule has 0 amide bonds. The first-order chi connectivity index (χ1) is 10.4. The standard InChI is InChI=1S/C14H23N5O2S/c1-17(2)22(20,21)19-9-11-4-5-13(12(11)10-19)18(3)14-8-15-6-7-16-14/h6-8,11-13H,4-5,9-10H2,1-3H3/t11-,12+,13-/m1/s1. The van der Waals surface area contributed by atoms with Gasteiger partial charge in [-0.25, -0.2) is 4.98 Å². The van der Waals surface area contributed by atoms with Crippen molar-refractivity contribution in [3.63, 3.8) is 0 Å². The molecule has 3 rings (SSSR count). The average molecular weight is 325 g/mol. The second kappa shape index (κ2) is 5.75. The van der Waals surface area contributed by atoms with Gasteiger partial charge in [0.25, 0.3) is 10.2 Å². The SMILES string of the molecule is CN(c1cnccn1)[C@@H]1CC[C@@H]2CN(S(=O)(=O)N(C)C)C[C@@H]21. The largest absolute Gasteiger partial charge is 0.355 e. The summed E-state index contributed by atoms with van der Waals surface area (Å²) in [5.74, 6) is 1.66. The van der Waals surface area contributed by atoms with Gasteiger partial charge in [0.05, 0.1) is 6.20 Å². The Hall–Kier alpha value is -1.25. The number of anilines is 1. The lowest BCUT2D eigenvalue weighted by Crippen LogP contribution is -2.42. The predicted octanol–water partition coefficient (Wildman–Crippen LogP) is 0.430. The molecule has 0 bridgehead atoms. The number of hydrogen-bond donors (Lipinski definition) is 0. The summed E-state index contributed by atoms with van der Waals surface area (Å²) in [6.45, 7) is 1.23. The number of hydrogen-bond acceptors (Lipinski definition) is 5. The van der Waals surface area contributed by atoms with Gasteiger partial charge in [-0.05, 0) is 24.7 Å². The van der Waals surface area contributed by atoms with Crippen LogP contribution in [0.15, 0.2) is 18.6 Å². The Morgan fingerprint density at radius 3 is 2.59 bits per heavy atom. The monoisotopic (exact) mass is 325 g/mol. The molecule has 1 saturated carbocycles. The van der Waals surface area contributed by atoms with Crippen LogP contribution in [0.2, 0.25) is 0 Å². The van der Waals surface area contributed by atoms with Crippen LogP contribution in [0.25, 0.3) is 0 Å². The second-order valence-electron chi connectivity index (χ2n) is 6.35. The maximum Gasteiger partial charge on any atom is 0.281 e. The minimum Gasteiger partial charge on any atom is -0.355 e. The molecule has 7 nitrogen and oxygen atoms in total. The quantitative estimate of drug-likeness (QED) is 0.803. The molecule has 0 radical (unpaired) electrons. The Bertz CT molecular complexity index is 621. The molecular weight excluding hydrogens is 302 g/mol. The van der Waals surface area contributed by atoms with E-state index in [0.717, 1.165) is 18.7 Å². The van der Waals surface area contributed by atoms with Gasteiger partial charge >= 0.3 is 0 Å². The highest BCUT2D eigenvalue weighted by Gasteiger charge is 2.47. The average Bonchev–Trinajstić information content (AvgIpc) is 3.07. The lowest BCUT2D eigenvalue weighted by atomic mass is 9.97. The van der Waals surface area contributed by atoms with Crippen molar-refractivity contribution in [2.24, 2.45) is 11.8 Å². The Morgan fingerprint density at radius 1 is 1.18 bits per heavy atom. The van der Waals surface area contributed by atoms with Crippen molar-refractivity contribution in [2.75, 3.05) is 39.1 Å². The van der Waals surface area contributed by atoms with E-state index in [2.05, 4.69) is 14.9 Å². The van der Waals surface area contributed by atoms with Crippen LogP contribution < -0.4 is 4.90 Å². The molecule has 22 heavy (non-hydrogen) atoms. The zero-order valence-corrected chi connectivity index (χ0v) is 14.1. The summed E-state index contributed by atoms with van der Waals surface area (Å²) in [6.07, 6.45) is 7.26. The van der Waals surface area contributed by atoms with E-state index >= 15 is 0 Å². The van der Waals surface area contributed by atoms with Crippen molar-refractivity contribution >= 4 is 16.0 Å². The summed E-state index contributed by atoms with van der Waals surface area (Å²) in [7, 11) is 1.90. The minimum atomic E-state index is -3.31. The highest BCUT2D eigenvalue weighted by atomic mass is 32.2. The van der Waals surface area contributed by atoms with Crippen LogP contribution in [0.4, 0.5) is 5.82 Å². The first kappa shape index (κ1) is 15.6. The van der Waals surface area contributed by atoms with Gasteiger partial charge in [0.1, 0.15) is 5.82 Å². The van der Waals surface area contributed by atoms with Crippen molar-refractivity contribution < 1.29 is 8.42 Å². The number of aromatic nitrogens is 2. The van der Waals surface area contributed by atoms with E-state index in [1.54, 1.807) is 37.0 Å². The van der Waals surface area contributed by atoms with E-state index in [0.29, 0.717) is 31.0 Å². The van der Waals surface area contributed by atoms with Crippen molar-refractivity contribution in [1.82, 2.24) is 18.6 Å². The highest BCUT2D eigenvalue weighted by Crippen LogP contribution is 2.42. The molecule has 0 N–H and O–H groups in total. The summed E-state index contributed by atoms with van der Waals surface area (Å²) < 4.78 is 27.6. The van der Waals surface area contributed by atoms with E-state index in [9.17, 15) is 8.42 Å².